The van der Waals surface area contributed by atoms with Crippen molar-refractivity contribution < 1.29 is 19.2 Å². The molecule has 4 aromatic rings. The van der Waals surface area contributed by atoms with Crippen LogP contribution in [0.2, 0.25) is 0 Å². The summed E-state index contributed by atoms with van der Waals surface area (Å²) in [4.78, 5) is 34.6. The number of aromatic nitrogens is 5. The number of amides is 2. The van der Waals surface area contributed by atoms with Gasteiger partial charge >= 0.3 is 0 Å². The van der Waals surface area contributed by atoms with Gasteiger partial charge in [0.15, 0.2) is 23.1 Å². The second-order valence-electron chi connectivity index (χ2n) is 8.31. The van der Waals surface area contributed by atoms with Gasteiger partial charge in [0, 0.05) is 56.5 Å². The minimum Gasteiger partial charge on any atom is -0.373 e. The Morgan fingerprint density at radius 1 is 1.23 bits per heavy atom. The molecule has 5 rings (SSSR count). The van der Waals surface area contributed by atoms with Crippen LogP contribution in [0.15, 0.2) is 53.3 Å². The Hall–Kier alpha value is -4.58. The fourth-order valence-electron chi connectivity index (χ4n) is 3.93. The number of rotatable bonds is 6. The highest BCUT2D eigenvalue weighted by molar-refractivity contribution is 5.97. The van der Waals surface area contributed by atoms with Crippen LogP contribution in [-0.4, -0.2) is 60.3 Å². The van der Waals surface area contributed by atoms with Gasteiger partial charge in [0.05, 0.1) is 11.9 Å². The lowest BCUT2D eigenvalue weighted by Gasteiger charge is -2.16. The number of hydrogen-bond acceptors (Lipinski definition) is 9. The Labute approximate surface area is 199 Å². The van der Waals surface area contributed by atoms with Crippen LogP contribution in [0.25, 0.3) is 22.6 Å². The molecule has 3 aromatic heterocycles. The molecular weight excluding hydrogens is 452 g/mol. The number of aliphatic hydroxyl groups is 1. The molecule has 0 spiro atoms. The second kappa shape index (κ2) is 8.33. The monoisotopic (exact) mass is 474 g/mol. The molecule has 1 aliphatic rings. The largest absolute Gasteiger partial charge is 0.373 e. The fraction of sp³-hybridized carbons (Fsp3) is 0.217. The first kappa shape index (κ1) is 22.2. The van der Waals surface area contributed by atoms with E-state index in [2.05, 4.69) is 25.5 Å². The molecule has 2 amide bonds. The molecule has 0 unspecified atom stereocenters. The number of primary amides is 1. The Morgan fingerprint density at radius 2 is 2.03 bits per heavy atom. The molecule has 12 nitrogen and oxygen atoms in total. The van der Waals surface area contributed by atoms with E-state index in [1.165, 1.54) is 11.1 Å². The number of carbonyl (C=O) groups excluding carboxylic acids is 2. The van der Waals surface area contributed by atoms with E-state index in [0.717, 1.165) is 0 Å². The van der Waals surface area contributed by atoms with E-state index < -0.39 is 17.4 Å². The third-order valence-electron chi connectivity index (χ3n) is 5.84. The molecule has 0 bridgehead atoms. The van der Waals surface area contributed by atoms with Crippen molar-refractivity contribution in [3.8, 4) is 22.6 Å². The Morgan fingerprint density at radius 3 is 2.71 bits per heavy atom. The summed E-state index contributed by atoms with van der Waals surface area (Å²) in [5.74, 6) is -0.264. The van der Waals surface area contributed by atoms with E-state index in [4.69, 9.17) is 10.3 Å². The van der Waals surface area contributed by atoms with Gasteiger partial charge in [-0.25, -0.2) is 9.97 Å². The van der Waals surface area contributed by atoms with Crippen molar-refractivity contribution >= 4 is 23.3 Å². The summed E-state index contributed by atoms with van der Waals surface area (Å²) in [5.41, 5.74) is 5.87. The predicted molar refractivity (Wildman–Crippen MR) is 124 cm³/mol. The lowest BCUT2D eigenvalue weighted by Crippen LogP contribution is -2.35. The summed E-state index contributed by atoms with van der Waals surface area (Å²) < 4.78 is 6.95. The smallest absolute Gasteiger partial charge is 0.269 e. The van der Waals surface area contributed by atoms with Gasteiger partial charge in [0.2, 0.25) is 5.60 Å². The van der Waals surface area contributed by atoms with E-state index in [9.17, 15) is 14.7 Å². The standard InChI is InChI=1S/C23H22N8O4/c1-30-9-7-23(34,22(30)33)17-11-15(29-35-17)13-4-3-5-14(10-13)21-25-12-16(19(27-21)20(24)32)26-18-6-8-31(2)28-18/h3-6,8,10-12,34H,7,9H2,1-2H3,(H2,24,32)(H,26,28)/t23-/m1/s1. The third-order valence-corrected chi connectivity index (χ3v) is 5.84. The van der Waals surface area contributed by atoms with E-state index in [0.29, 0.717) is 34.9 Å². The molecule has 4 heterocycles. The average molecular weight is 474 g/mol. The van der Waals surface area contributed by atoms with E-state index in [1.54, 1.807) is 61.4 Å². The molecule has 4 N–H and O–H groups in total. The number of nitrogens with two attached hydrogens (primary N) is 1. The van der Waals surface area contributed by atoms with Crippen molar-refractivity contribution in [1.82, 2.24) is 29.8 Å². The van der Waals surface area contributed by atoms with Crippen molar-refractivity contribution in [3.63, 3.8) is 0 Å². The molecule has 0 aliphatic carbocycles. The number of nitrogens with zero attached hydrogens (tertiary/aromatic N) is 6. The summed E-state index contributed by atoms with van der Waals surface area (Å²) in [6.07, 6.45) is 3.44. The maximum Gasteiger partial charge on any atom is 0.269 e. The van der Waals surface area contributed by atoms with Crippen molar-refractivity contribution in [1.29, 1.82) is 0 Å². The number of anilines is 2. The van der Waals surface area contributed by atoms with Crippen molar-refractivity contribution in [2.45, 2.75) is 12.0 Å². The zero-order chi connectivity index (χ0) is 24.7. The molecule has 0 radical (unpaired) electrons. The molecule has 1 fully saturated rings. The topological polar surface area (TPSA) is 165 Å². The van der Waals surface area contributed by atoms with Crippen LogP contribution >= 0.6 is 0 Å². The summed E-state index contributed by atoms with van der Waals surface area (Å²) in [7, 11) is 3.40. The third kappa shape index (κ3) is 3.99. The highest BCUT2D eigenvalue weighted by atomic mass is 16.5. The summed E-state index contributed by atoms with van der Waals surface area (Å²) in [5, 5.41) is 22.1. The zero-order valence-corrected chi connectivity index (χ0v) is 19.0. The van der Waals surface area contributed by atoms with E-state index >= 15 is 0 Å². The SMILES string of the molecule is CN1CC[C@@](O)(c2cc(-c3cccc(-c4ncc(Nc5ccn(C)n5)c(C(N)=O)n4)c3)no2)C1=O. The van der Waals surface area contributed by atoms with Crippen molar-refractivity contribution in [2.75, 3.05) is 18.9 Å². The summed E-state index contributed by atoms with van der Waals surface area (Å²) in [6.45, 7) is 0.422. The summed E-state index contributed by atoms with van der Waals surface area (Å²) >= 11 is 0. The Balaban J connectivity index is 1.45. The molecule has 178 valence electrons. The van der Waals surface area contributed by atoms with Gasteiger partial charge in [0.25, 0.3) is 11.8 Å². The van der Waals surface area contributed by atoms with Crippen molar-refractivity contribution in [3.05, 3.63) is 60.2 Å². The molecule has 1 aliphatic heterocycles. The van der Waals surface area contributed by atoms with Crippen molar-refractivity contribution in [2.24, 2.45) is 12.8 Å². The normalized spacial score (nSPS) is 17.7. The number of aryl methyl sites for hydroxylation is 1. The molecule has 35 heavy (non-hydrogen) atoms. The number of hydrogen-bond donors (Lipinski definition) is 3. The molecule has 1 atom stereocenters. The van der Waals surface area contributed by atoms with Gasteiger partial charge in [-0.15, -0.1) is 0 Å². The zero-order valence-electron chi connectivity index (χ0n) is 19.0. The highest BCUT2D eigenvalue weighted by Crippen LogP contribution is 2.35. The van der Waals surface area contributed by atoms with Crippen LogP contribution in [0.1, 0.15) is 22.7 Å². The molecule has 1 aromatic carbocycles. The fourth-order valence-corrected chi connectivity index (χ4v) is 3.93. The quantitative estimate of drug-likeness (QED) is 0.375. The molecule has 0 saturated carbocycles. The van der Waals surface area contributed by atoms with Gasteiger partial charge in [0.1, 0.15) is 5.69 Å². The minimum absolute atomic E-state index is 0.0147. The predicted octanol–water partition coefficient (Wildman–Crippen LogP) is 1.42. The molecular formula is C23H22N8O4. The first-order valence-corrected chi connectivity index (χ1v) is 10.7. The lowest BCUT2D eigenvalue weighted by molar-refractivity contribution is -0.144. The first-order valence-electron chi connectivity index (χ1n) is 10.7. The van der Waals surface area contributed by atoms with Gasteiger partial charge in [-0.3, -0.25) is 14.3 Å². The van der Waals surface area contributed by atoms with Crippen LogP contribution < -0.4 is 11.1 Å². The highest BCUT2D eigenvalue weighted by Gasteiger charge is 2.48. The second-order valence-corrected chi connectivity index (χ2v) is 8.31. The van der Waals surface area contributed by atoms with Gasteiger partial charge in [-0.05, 0) is 6.07 Å². The van der Waals surface area contributed by atoms with E-state index in [-0.39, 0.29) is 23.7 Å². The van der Waals surface area contributed by atoms with Crippen LogP contribution in [0.3, 0.4) is 0 Å². The average Bonchev–Trinajstić information content (AvgIpc) is 3.57. The Kier molecular flexibility index (Phi) is 5.29. The maximum absolute atomic E-state index is 12.4. The van der Waals surface area contributed by atoms with Crippen LogP contribution in [0.5, 0.6) is 0 Å². The number of benzene rings is 1. The number of carbonyl (C=O) groups is 2. The van der Waals surface area contributed by atoms with Crippen LogP contribution in [0, 0.1) is 0 Å². The van der Waals surface area contributed by atoms with Crippen LogP contribution in [-0.2, 0) is 17.4 Å². The van der Waals surface area contributed by atoms with Crippen LogP contribution in [0.4, 0.5) is 11.5 Å². The first-order chi connectivity index (χ1) is 16.7. The summed E-state index contributed by atoms with van der Waals surface area (Å²) in [6, 6.07) is 10.4. The lowest BCUT2D eigenvalue weighted by atomic mass is 9.98. The van der Waals surface area contributed by atoms with Gasteiger partial charge in [-0.2, -0.15) is 5.10 Å². The minimum atomic E-state index is -1.73. The van der Waals surface area contributed by atoms with Gasteiger partial charge in [-0.1, -0.05) is 23.4 Å². The molecule has 12 heteroatoms. The van der Waals surface area contributed by atoms with Gasteiger partial charge < -0.3 is 25.6 Å². The molecule has 1 saturated heterocycles. The Bertz CT molecular complexity index is 1440. The maximum atomic E-state index is 12.4. The number of likely N-dealkylation sites (tertiary alicyclic amines) is 1. The number of nitrogens with one attached hydrogen (secondary N) is 1. The van der Waals surface area contributed by atoms with E-state index in [1.807, 2.05) is 0 Å². The number of likely N-dealkylation sites (N-methyl/N-ethyl adjacent to an activating group) is 1.